The number of fused-ring (bicyclic) bond motifs is 3. The van der Waals surface area contributed by atoms with Crippen molar-refractivity contribution in [3.63, 3.8) is 0 Å². The van der Waals surface area contributed by atoms with Crippen LogP contribution in [0.1, 0.15) is 33.6 Å². The molecule has 2 aliphatic heterocycles. The maximum Gasteiger partial charge on any atom is 0.109 e. The zero-order valence-electron chi connectivity index (χ0n) is 8.45. The summed E-state index contributed by atoms with van der Waals surface area (Å²) in [7, 11) is 0. The standard InChI is InChI=1S/C10H18O3/c1-9(2)6-4-5-10(3,13-9)8(12)7(6)11/h6-8,11-12H,4-5H2,1-3H3/t6?,7?,8?,10-/m0/s1. The lowest BCUT2D eigenvalue weighted by atomic mass is 9.65. The van der Waals surface area contributed by atoms with E-state index in [2.05, 4.69) is 0 Å². The van der Waals surface area contributed by atoms with E-state index in [1.807, 2.05) is 20.8 Å². The molecule has 3 rings (SSSR count). The van der Waals surface area contributed by atoms with Gasteiger partial charge in [0.05, 0.1) is 17.3 Å². The third kappa shape index (κ3) is 1.14. The van der Waals surface area contributed by atoms with Crippen LogP contribution in [0.5, 0.6) is 0 Å². The highest BCUT2D eigenvalue weighted by atomic mass is 16.5. The predicted octanol–water partition coefficient (Wildman–Crippen LogP) is 0.686. The molecule has 1 aliphatic carbocycles. The van der Waals surface area contributed by atoms with Crippen LogP contribution < -0.4 is 0 Å². The molecule has 3 nitrogen and oxygen atoms in total. The summed E-state index contributed by atoms with van der Waals surface area (Å²) in [6.45, 7) is 5.87. The third-order valence-electron chi connectivity index (χ3n) is 3.70. The Morgan fingerprint density at radius 2 is 1.85 bits per heavy atom. The van der Waals surface area contributed by atoms with Gasteiger partial charge < -0.3 is 14.9 Å². The van der Waals surface area contributed by atoms with Crippen LogP contribution in [-0.4, -0.2) is 33.6 Å². The molecule has 3 fully saturated rings. The largest absolute Gasteiger partial charge is 0.390 e. The molecule has 13 heavy (non-hydrogen) atoms. The molecule has 3 aliphatic rings. The van der Waals surface area contributed by atoms with E-state index >= 15 is 0 Å². The molecule has 0 aromatic carbocycles. The van der Waals surface area contributed by atoms with Crippen molar-refractivity contribution in [1.29, 1.82) is 0 Å². The van der Waals surface area contributed by atoms with Crippen molar-refractivity contribution in [2.24, 2.45) is 5.92 Å². The van der Waals surface area contributed by atoms with Gasteiger partial charge in [-0.15, -0.1) is 0 Å². The lowest BCUT2D eigenvalue weighted by molar-refractivity contribution is -0.309. The molecule has 3 heteroatoms. The number of rotatable bonds is 0. The fourth-order valence-electron chi connectivity index (χ4n) is 2.89. The zero-order chi connectivity index (χ0) is 9.85. The van der Waals surface area contributed by atoms with Crippen LogP contribution in [0.2, 0.25) is 0 Å². The average molecular weight is 186 g/mol. The highest BCUT2D eigenvalue weighted by molar-refractivity contribution is 5.07. The topological polar surface area (TPSA) is 49.7 Å². The lowest BCUT2D eigenvalue weighted by Gasteiger charge is -2.58. The van der Waals surface area contributed by atoms with E-state index in [0.29, 0.717) is 0 Å². The number of aliphatic hydroxyl groups is 2. The van der Waals surface area contributed by atoms with Crippen molar-refractivity contribution >= 4 is 0 Å². The van der Waals surface area contributed by atoms with E-state index < -0.39 is 17.8 Å². The summed E-state index contributed by atoms with van der Waals surface area (Å²) in [6, 6.07) is 0. The van der Waals surface area contributed by atoms with Crippen LogP contribution in [0, 0.1) is 5.92 Å². The second-order valence-corrected chi connectivity index (χ2v) is 5.10. The van der Waals surface area contributed by atoms with Gasteiger partial charge in [-0.1, -0.05) is 0 Å². The summed E-state index contributed by atoms with van der Waals surface area (Å²) in [5.74, 6) is 0.0734. The number of ether oxygens (including phenoxy) is 1. The van der Waals surface area contributed by atoms with E-state index in [1.54, 1.807) is 0 Å². The van der Waals surface area contributed by atoms with Gasteiger partial charge in [-0.2, -0.15) is 0 Å². The Morgan fingerprint density at radius 3 is 2.31 bits per heavy atom. The normalized spacial score (nSPS) is 53.8. The van der Waals surface area contributed by atoms with Gasteiger partial charge in [0.2, 0.25) is 0 Å². The Morgan fingerprint density at radius 1 is 1.23 bits per heavy atom. The van der Waals surface area contributed by atoms with Crippen LogP contribution in [0.4, 0.5) is 0 Å². The van der Waals surface area contributed by atoms with Crippen LogP contribution in [-0.2, 0) is 4.74 Å². The van der Waals surface area contributed by atoms with Crippen LogP contribution in [0.25, 0.3) is 0 Å². The minimum atomic E-state index is -0.723. The Labute approximate surface area is 78.7 Å². The first kappa shape index (κ1) is 9.44. The van der Waals surface area contributed by atoms with E-state index in [-0.39, 0.29) is 11.5 Å². The van der Waals surface area contributed by atoms with Crippen LogP contribution in [0.3, 0.4) is 0 Å². The van der Waals surface area contributed by atoms with Crippen molar-refractivity contribution in [2.75, 3.05) is 0 Å². The summed E-state index contributed by atoms with van der Waals surface area (Å²) >= 11 is 0. The molecule has 0 aromatic rings. The quantitative estimate of drug-likeness (QED) is 0.585. The fourth-order valence-corrected chi connectivity index (χ4v) is 2.89. The molecule has 4 atom stereocenters. The molecule has 2 bridgehead atoms. The molecule has 0 aromatic heterocycles. The van der Waals surface area contributed by atoms with Crippen molar-refractivity contribution in [3.8, 4) is 0 Å². The molecular formula is C10H18O3. The molecule has 2 N–H and O–H groups in total. The number of hydrogen-bond acceptors (Lipinski definition) is 3. The van der Waals surface area contributed by atoms with E-state index in [1.165, 1.54) is 0 Å². The van der Waals surface area contributed by atoms with Gasteiger partial charge in [0, 0.05) is 5.92 Å². The summed E-state index contributed by atoms with van der Waals surface area (Å²) < 4.78 is 5.83. The second kappa shape index (κ2) is 2.47. The van der Waals surface area contributed by atoms with Gasteiger partial charge in [-0.25, -0.2) is 0 Å². The average Bonchev–Trinajstić information content (AvgIpc) is 1.97. The number of hydrogen-bond donors (Lipinski definition) is 2. The summed E-state index contributed by atoms with van der Waals surface area (Å²) in [6.07, 6.45) is 0.447. The lowest BCUT2D eigenvalue weighted by Crippen LogP contribution is -2.68. The first-order valence-corrected chi connectivity index (χ1v) is 4.93. The van der Waals surface area contributed by atoms with Crippen molar-refractivity contribution in [1.82, 2.24) is 0 Å². The van der Waals surface area contributed by atoms with Crippen molar-refractivity contribution in [3.05, 3.63) is 0 Å². The smallest absolute Gasteiger partial charge is 0.109 e. The van der Waals surface area contributed by atoms with Crippen LogP contribution >= 0.6 is 0 Å². The number of aliphatic hydroxyl groups excluding tert-OH is 2. The second-order valence-electron chi connectivity index (χ2n) is 5.10. The zero-order valence-corrected chi connectivity index (χ0v) is 8.45. The summed E-state index contributed by atoms with van der Waals surface area (Å²) in [4.78, 5) is 0. The SMILES string of the molecule is CC1(C)O[C@@]2(C)CCC1C(O)C2O. The fraction of sp³-hybridized carbons (Fsp3) is 1.00. The van der Waals surface area contributed by atoms with E-state index in [4.69, 9.17) is 4.74 Å². The molecular weight excluding hydrogens is 168 g/mol. The Balaban J connectivity index is 2.34. The monoisotopic (exact) mass is 186 g/mol. The van der Waals surface area contributed by atoms with E-state index in [9.17, 15) is 10.2 Å². The molecule has 2 saturated heterocycles. The predicted molar refractivity (Wildman–Crippen MR) is 48.3 cm³/mol. The van der Waals surface area contributed by atoms with Gasteiger partial charge >= 0.3 is 0 Å². The minimum absolute atomic E-state index is 0.0734. The first-order chi connectivity index (χ1) is 5.87. The first-order valence-electron chi connectivity index (χ1n) is 4.93. The molecule has 2 heterocycles. The maximum atomic E-state index is 9.84. The van der Waals surface area contributed by atoms with Crippen molar-refractivity contribution in [2.45, 2.75) is 57.0 Å². The van der Waals surface area contributed by atoms with Gasteiger partial charge in [0.25, 0.3) is 0 Å². The molecule has 0 spiro atoms. The highest BCUT2D eigenvalue weighted by Gasteiger charge is 2.58. The van der Waals surface area contributed by atoms with Gasteiger partial charge in [-0.3, -0.25) is 0 Å². The summed E-state index contributed by atoms with van der Waals surface area (Å²) in [5, 5.41) is 19.6. The molecule has 76 valence electrons. The minimum Gasteiger partial charge on any atom is -0.390 e. The Kier molecular flexibility index (Phi) is 1.79. The third-order valence-corrected chi connectivity index (χ3v) is 3.70. The van der Waals surface area contributed by atoms with Gasteiger partial charge in [0.15, 0.2) is 0 Å². The highest BCUT2D eigenvalue weighted by Crippen LogP contribution is 2.49. The molecule has 1 saturated carbocycles. The maximum absolute atomic E-state index is 9.84. The molecule has 3 unspecified atom stereocenters. The van der Waals surface area contributed by atoms with Gasteiger partial charge in [0.1, 0.15) is 6.10 Å². The van der Waals surface area contributed by atoms with E-state index in [0.717, 1.165) is 12.8 Å². The van der Waals surface area contributed by atoms with Crippen molar-refractivity contribution < 1.29 is 14.9 Å². The molecule has 0 amide bonds. The van der Waals surface area contributed by atoms with Crippen LogP contribution in [0.15, 0.2) is 0 Å². The Bertz CT molecular complexity index is 226. The Hall–Kier alpha value is -0.120. The molecule has 0 radical (unpaired) electrons. The summed E-state index contributed by atoms with van der Waals surface area (Å²) in [5.41, 5.74) is -0.844. The van der Waals surface area contributed by atoms with Gasteiger partial charge in [-0.05, 0) is 33.6 Å².